The van der Waals surface area contributed by atoms with E-state index in [1.165, 1.54) is 26.2 Å². The molecule has 3 aromatic rings. The molecule has 0 unspecified atom stereocenters. The molecule has 1 aromatic carbocycles. The summed E-state index contributed by atoms with van der Waals surface area (Å²) in [5, 5.41) is 8.32. The summed E-state index contributed by atoms with van der Waals surface area (Å²) in [6.45, 7) is 8.65. The van der Waals surface area contributed by atoms with Gasteiger partial charge in [0.05, 0.1) is 17.1 Å². The molecule has 0 atom stereocenters. The summed E-state index contributed by atoms with van der Waals surface area (Å²) in [5.74, 6) is 0. The lowest BCUT2D eigenvalue weighted by atomic mass is 10.2. The van der Waals surface area contributed by atoms with Crippen molar-refractivity contribution in [3.05, 3.63) is 50.9 Å². The average Bonchev–Trinajstić information content (AvgIpc) is 3.12. The van der Waals surface area contributed by atoms with Crippen LogP contribution in [0.2, 0.25) is 0 Å². The second-order valence-electron chi connectivity index (χ2n) is 6.55. The highest BCUT2D eigenvalue weighted by Crippen LogP contribution is 2.23. The highest BCUT2D eigenvalue weighted by atomic mass is 32.2. The van der Waals surface area contributed by atoms with Crippen LogP contribution in [0.3, 0.4) is 0 Å². The average molecular weight is 436 g/mol. The first kappa shape index (κ1) is 21.4. The number of fused-ring (bicyclic) bond motifs is 1. The first-order chi connectivity index (χ1) is 13.8. The van der Waals surface area contributed by atoms with Crippen molar-refractivity contribution in [2.75, 3.05) is 18.4 Å². The highest BCUT2D eigenvalue weighted by Gasteiger charge is 2.22. The van der Waals surface area contributed by atoms with Gasteiger partial charge in [-0.25, -0.2) is 13.4 Å². The van der Waals surface area contributed by atoms with Gasteiger partial charge in [-0.1, -0.05) is 38.2 Å². The zero-order chi connectivity index (χ0) is 21.2. The normalized spacial score (nSPS) is 12.0. The van der Waals surface area contributed by atoms with Gasteiger partial charge < -0.3 is 5.32 Å². The molecule has 156 valence electrons. The molecular weight excluding hydrogens is 410 g/mol. The van der Waals surface area contributed by atoms with Crippen molar-refractivity contribution in [1.29, 1.82) is 0 Å². The maximum Gasteiger partial charge on any atom is 0.275 e. The molecule has 2 aromatic heterocycles. The van der Waals surface area contributed by atoms with E-state index in [1.807, 2.05) is 27.7 Å². The summed E-state index contributed by atoms with van der Waals surface area (Å²) in [4.78, 5) is 17.6. The Morgan fingerprint density at radius 2 is 1.90 bits per heavy atom. The quantitative estimate of drug-likeness (QED) is 0.584. The van der Waals surface area contributed by atoms with Crippen molar-refractivity contribution in [2.24, 2.45) is 0 Å². The highest BCUT2D eigenvalue weighted by molar-refractivity contribution is 7.89. The Morgan fingerprint density at radius 3 is 2.55 bits per heavy atom. The summed E-state index contributed by atoms with van der Waals surface area (Å²) in [6.07, 6.45) is 0.744. The molecule has 0 aliphatic heterocycles. The molecule has 0 spiro atoms. The molecule has 2 heterocycles. The third-order valence-electron chi connectivity index (χ3n) is 4.65. The zero-order valence-corrected chi connectivity index (χ0v) is 18.6. The van der Waals surface area contributed by atoms with Crippen LogP contribution in [-0.4, -0.2) is 40.4 Å². The molecule has 0 radical (unpaired) electrons. The van der Waals surface area contributed by atoms with Gasteiger partial charge in [0.15, 0.2) is 0 Å². The molecule has 0 aliphatic rings. The smallest absolute Gasteiger partial charge is 0.275 e. The molecule has 0 saturated heterocycles. The molecule has 1 N–H and O–H groups in total. The Kier molecular flexibility index (Phi) is 6.35. The lowest BCUT2D eigenvalue weighted by Gasteiger charge is -2.19. The van der Waals surface area contributed by atoms with Crippen LogP contribution in [0, 0.1) is 6.92 Å². The van der Waals surface area contributed by atoms with Gasteiger partial charge in [-0.15, -0.1) is 0 Å². The molecule has 0 saturated carbocycles. The predicted octanol–water partition coefficient (Wildman–Crippen LogP) is 2.66. The summed E-state index contributed by atoms with van der Waals surface area (Å²) in [5.41, 5.74) is 1.96. The van der Waals surface area contributed by atoms with E-state index in [9.17, 15) is 13.2 Å². The van der Waals surface area contributed by atoms with Crippen LogP contribution in [-0.2, 0) is 23.0 Å². The number of hydrogen-bond donors (Lipinski definition) is 1. The van der Waals surface area contributed by atoms with Gasteiger partial charge in [-0.2, -0.15) is 13.9 Å². The zero-order valence-electron chi connectivity index (χ0n) is 17.0. The number of nitrogens with one attached hydrogen (secondary N) is 1. The second kappa shape index (κ2) is 8.60. The Morgan fingerprint density at radius 1 is 1.17 bits per heavy atom. The van der Waals surface area contributed by atoms with Crippen molar-refractivity contribution in [1.82, 2.24) is 18.9 Å². The first-order valence-electron chi connectivity index (χ1n) is 9.53. The summed E-state index contributed by atoms with van der Waals surface area (Å²) >= 11 is 1.39. The lowest BCUT2D eigenvalue weighted by Crippen LogP contribution is -2.30. The topological polar surface area (TPSA) is 96.7 Å². The number of aromatic nitrogens is 3. The fourth-order valence-corrected chi connectivity index (χ4v) is 5.32. The Bertz CT molecular complexity index is 1180. The number of aryl methyl sites for hydroxylation is 2. The molecule has 8 nitrogen and oxygen atoms in total. The van der Waals surface area contributed by atoms with Crippen LogP contribution >= 0.6 is 11.3 Å². The van der Waals surface area contributed by atoms with E-state index in [4.69, 9.17) is 0 Å². The Balaban J connectivity index is 1.87. The summed E-state index contributed by atoms with van der Waals surface area (Å²) in [6, 6.07) is 6.48. The molecule has 29 heavy (non-hydrogen) atoms. The largest absolute Gasteiger partial charge is 0.379 e. The summed E-state index contributed by atoms with van der Waals surface area (Å²) < 4.78 is 28.3. The second-order valence-corrected chi connectivity index (χ2v) is 9.53. The summed E-state index contributed by atoms with van der Waals surface area (Å²) in [7, 11) is -3.54. The van der Waals surface area contributed by atoms with E-state index >= 15 is 0 Å². The van der Waals surface area contributed by atoms with Gasteiger partial charge in [0.1, 0.15) is 5.01 Å². The monoisotopic (exact) mass is 435 g/mol. The third-order valence-corrected chi connectivity index (χ3v) is 7.75. The molecule has 10 heteroatoms. The molecule has 0 aliphatic carbocycles. The minimum atomic E-state index is -3.54. The molecule has 0 fully saturated rings. The van der Waals surface area contributed by atoms with Gasteiger partial charge >= 0.3 is 0 Å². The number of rotatable bonds is 8. The van der Waals surface area contributed by atoms with Gasteiger partial charge in [-0.3, -0.25) is 4.79 Å². The van der Waals surface area contributed by atoms with Gasteiger partial charge in [0.25, 0.3) is 5.56 Å². The molecular formula is C19H25N5O3S2. The van der Waals surface area contributed by atoms with E-state index in [0.717, 1.165) is 17.0 Å². The van der Waals surface area contributed by atoms with Crippen LogP contribution in [0.25, 0.3) is 4.96 Å². The lowest BCUT2D eigenvalue weighted by molar-refractivity contribution is 0.445. The number of benzene rings is 1. The molecule has 3 rings (SSSR count). The maximum atomic E-state index is 12.8. The van der Waals surface area contributed by atoms with Crippen molar-refractivity contribution in [3.8, 4) is 0 Å². The third kappa shape index (κ3) is 4.34. The van der Waals surface area contributed by atoms with Crippen molar-refractivity contribution < 1.29 is 8.42 Å². The number of anilines is 1. The predicted molar refractivity (Wildman–Crippen MR) is 115 cm³/mol. The molecule has 0 bridgehead atoms. The fourth-order valence-electron chi connectivity index (χ4n) is 2.98. The molecule has 0 amide bonds. The van der Waals surface area contributed by atoms with Crippen LogP contribution in [0.5, 0.6) is 0 Å². The van der Waals surface area contributed by atoms with E-state index in [-0.39, 0.29) is 10.5 Å². The van der Waals surface area contributed by atoms with Crippen LogP contribution < -0.4 is 10.9 Å². The number of hydrogen-bond acceptors (Lipinski definition) is 7. The van der Waals surface area contributed by atoms with E-state index in [0.29, 0.717) is 36.0 Å². The first-order valence-corrected chi connectivity index (χ1v) is 11.8. The van der Waals surface area contributed by atoms with Crippen LogP contribution in [0.1, 0.15) is 37.0 Å². The minimum absolute atomic E-state index is 0.225. The van der Waals surface area contributed by atoms with Crippen LogP contribution in [0.4, 0.5) is 5.69 Å². The minimum Gasteiger partial charge on any atom is -0.379 e. The van der Waals surface area contributed by atoms with Crippen molar-refractivity contribution in [2.45, 2.75) is 45.6 Å². The maximum absolute atomic E-state index is 12.8. The Labute approximate surface area is 174 Å². The fraction of sp³-hybridized carbons (Fsp3) is 0.421. The van der Waals surface area contributed by atoms with E-state index in [2.05, 4.69) is 15.4 Å². The van der Waals surface area contributed by atoms with Gasteiger partial charge in [0, 0.05) is 24.8 Å². The Hall–Kier alpha value is -2.30. The standard InChI is InChI=1S/C19H25N5O3S2/c1-5-17-22-24-18(25)10-14(21-19(24)28-17)12-20-16-11-15(9-8-13(16)4)29(26,27)23(6-2)7-3/h8-11,20H,5-7,12H2,1-4H3. The van der Waals surface area contributed by atoms with Gasteiger partial charge in [-0.05, 0) is 31.0 Å². The van der Waals surface area contributed by atoms with Crippen LogP contribution in [0.15, 0.2) is 34.0 Å². The SMILES string of the molecule is CCc1nn2c(=O)cc(CNc3cc(S(=O)(=O)N(CC)CC)ccc3C)nc2s1. The van der Waals surface area contributed by atoms with Crippen molar-refractivity contribution >= 4 is 32.0 Å². The number of nitrogens with zero attached hydrogens (tertiary/aromatic N) is 4. The van der Waals surface area contributed by atoms with Gasteiger partial charge in [0.2, 0.25) is 15.0 Å². The van der Waals surface area contributed by atoms with Crippen molar-refractivity contribution in [3.63, 3.8) is 0 Å². The van der Waals surface area contributed by atoms with E-state index in [1.54, 1.807) is 18.2 Å². The number of sulfonamides is 1. The van der Waals surface area contributed by atoms with E-state index < -0.39 is 10.0 Å².